The van der Waals surface area contributed by atoms with Crippen molar-refractivity contribution in [3.63, 3.8) is 0 Å². The second kappa shape index (κ2) is 5.07. The van der Waals surface area contributed by atoms with Crippen molar-refractivity contribution in [2.75, 3.05) is 0 Å². The molecule has 1 aliphatic carbocycles. The van der Waals surface area contributed by atoms with Crippen LogP contribution in [0.3, 0.4) is 0 Å². The van der Waals surface area contributed by atoms with E-state index in [4.69, 9.17) is 9.31 Å². The maximum absolute atomic E-state index is 12.3. The minimum atomic E-state index is -0.414. The van der Waals surface area contributed by atoms with Gasteiger partial charge in [-0.1, -0.05) is 24.3 Å². The van der Waals surface area contributed by atoms with E-state index in [0.717, 1.165) is 35.0 Å². The molecule has 1 fully saturated rings. The van der Waals surface area contributed by atoms with E-state index in [1.807, 2.05) is 24.3 Å². The van der Waals surface area contributed by atoms with Gasteiger partial charge in [-0.2, -0.15) is 0 Å². The molecule has 2 heterocycles. The second-order valence-corrected chi connectivity index (χ2v) is 7.64. The van der Waals surface area contributed by atoms with Gasteiger partial charge >= 0.3 is 7.12 Å². The summed E-state index contributed by atoms with van der Waals surface area (Å²) >= 11 is 0. The number of nitrogens with one attached hydrogen (secondary N) is 1. The number of rotatable bonds is 1. The molecule has 2 aromatic rings. The molecule has 4 rings (SSSR count). The summed E-state index contributed by atoms with van der Waals surface area (Å²) in [6, 6.07) is 7.74. The Labute approximate surface area is 142 Å². The van der Waals surface area contributed by atoms with Gasteiger partial charge in [0, 0.05) is 16.6 Å². The van der Waals surface area contributed by atoms with E-state index in [2.05, 4.69) is 38.8 Å². The summed E-state index contributed by atoms with van der Waals surface area (Å²) in [5.41, 5.74) is 2.28. The van der Waals surface area contributed by atoms with Crippen LogP contribution in [0.5, 0.6) is 0 Å². The lowest BCUT2D eigenvalue weighted by atomic mass is 9.69. The molecule has 0 spiro atoms. The third-order valence-corrected chi connectivity index (χ3v) is 5.56. The number of fused-ring (bicyclic) bond motifs is 3. The number of aromatic amines is 1. The molecule has 1 aromatic heterocycles. The highest BCUT2D eigenvalue weighted by Crippen LogP contribution is 2.43. The molecule has 0 atom stereocenters. The molecule has 1 aliphatic heterocycles. The van der Waals surface area contributed by atoms with Gasteiger partial charge in [0.2, 0.25) is 0 Å². The van der Waals surface area contributed by atoms with Gasteiger partial charge in [0.15, 0.2) is 0 Å². The highest BCUT2D eigenvalue weighted by Gasteiger charge is 2.53. The zero-order valence-corrected chi connectivity index (χ0v) is 14.6. The molecule has 124 valence electrons. The van der Waals surface area contributed by atoms with E-state index in [9.17, 15) is 4.79 Å². The molecule has 24 heavy (non-hydrogen) atoms. The molecule has 0 saturated carbocycles. The molecule has 0 radical (unpaired) electrons. The number of pyridine rings is 1. The Morgan fingerprint density at radius 2 is 1.67 bits per heavy atom. The summed E-state index contributed by atoms with van der Waals surface area (Å²) in [6.07, 6.45) is 3.90. The van der Waals surface area contributed by atoms with Gasteiger partial charge in [-0.25, -0.2) is 0 Å². The van der Waals surface area contributed by atoms with E-state index in [0.29, 0.717) is 5.39 Å². The topological polar surface area (TPSA) is 51.3 Å². The average Bonchev–Trinajstić information content (AvgIpc) is 2.75. The Balaban J connectivity index is 1.89. The summed E-state index contributed by atoms with van der Waals surface area (Å²) in [7, 11) is -0.414. The van der Waals surface area contributed by atoms with E-state index < -0.39 is 7.12 Å². The van der Waals surface area contributed by atoms with Crippen molar-refractivity contribution in [2.45, 2.75) is 51.7 Å². The molecule has 5 heteroatoms. The fourth-order valence-corrected chi connectivity index (χ4v) is 3.50. The zero-order valence-electron chi connectivity index (χ0n) is 14.6. The van der Waals surface area contributed by atoms with Crippen molar-refractivity contribution in [1.82, 2.24) is 4.98 Å². The number of hydrogen-bond donors (Lipinski definition) is 1. The third-order valence-electron chi connectivity index (χ3n) is 5.56. The van der Waals surface area contributed by atoms with Crippen LogP contribution in [0.1, 0.15) is 45.4 Å². The smallest absolute Gasteiger partial charge is 0.399 e. The molecular weight excluding hydrogens is 301 g/mol. The van der Waals surface area contributed by atoms with Gasteiger partial charge in [-0.05, 0) is 57.5 Å². The van der Waals surface area contributed by atoms with Crippen LogP contribution in [-0.4, -0.2) is 23.3 Å². The number of aryl methyl sites for hydroxylation is 1. The van der Waals surface area contributed by atoms with E-state index in [1.54, 1.807) is 0 Å². The first-order valence-electron chi connectivity index (χ1n) is 8.50. The minimum Gasteiger partial charge on any atom is -0.399 e. The van der Waals surface area contributed by atoms with Crippen LogP contribution in [0.2, 0.25) is 0 Å². The van der Waals surface area contributed by atoms with Crippen LogP contribution in [0.4, 0.5) is 0 Å². The monoisotopic (exact) mass is 323 g/mol. The number of benzene rings is 1. The van der Waals surface area contributed by atoms with Crippen molar-refractivity contribution in [2.24, 2.45) is 0 Å². The normalized spacial score (nSPS) is 21.7. The van der Waals surface area contributed by atoms with Crippen molar-refractivity contribution in [1.29, 1.82) is 0 Å². The van der Waals surface area contributed by atoms with Gasteiger partial charge in [0.1, 0.15) is 0 Å². The van der Waals surface area contributed by atoms with Crippen LogP contribution in [0.15, 0.2) is 35.1 Å². The van der Waals surface area contributed by atoms with Crippen molar-refractivity contribution < 1.29 is 9.31 Å². The lowest BCUT2D eigenvalue weighted by Gasteiger charge is -2.32. The Hall–Kier alpha value is -1.85. The largest absolute Gasteiger partial charge is 0.495 e. The van der Waals surface area contributed by atoms with Gasteiger partial charge in [0.25, 0.3) is 5.56 Å². The van der Waals surface area contributed by atoms with Gasteiger partial charge in [-0.15, -0.1) is 0 Å². The molecule has 2 aliphatic rings. The van der Waals surface area contributed by atoms with Gasteiger partial charge < -0.3 is 14.3 Å². The van der Waals surface area contributed by atoms with Gasteiger partial charge in [-0.3, -0.25) is 4.79 Å². The second-order valence-electron chi connectivity index (χ2n) is 7.64. The van der Waals surface area contributed by atoms with Crippen LogP contribution >= 0.6 is 0 Å². The van der Waals surface area contributed by atoms with Crippen molar-refractivity contribution >= 4 is 23.4 Å². The highest BCUT2D eigenvalue weighted by atomic mass is 16.7. The summed E-state index contributed by atoms with van der Waals surface area (Å²) in [5, 5.41) is 1.68. The standard InChI is InChI=1S/C19H22BNO3/c1-18(2)19(3,4)24-20(23-18)14-10-7-11-15-16(14)12-8-5-6-9-13(12)17(22)21-15/h5-6,8-10H,7,11H2,1-4H3,(H,21,22). The maximum Gasteiger partial charge on any atom is 0.495 e. The number of H-pyrrole nitrogens is 1. The molecule has 0 bridgehead atoms. The molecule has 1 saturated heterocycles. The highest BCUT2D eigenvalue weighted by molar-refractivity contribution is 6.69. The predicted molar refractivity (Wildman–Crippen MR) is 96.9 cm³/mol. The Bertz CT molecular complexity index is 894. The number of allylic oxidation sites excluding steroid dienone is 1. The Kier molecular flexibility index (Phi) is 3.31. The maximum atomic E-state index is 12.3. The zero-order chi connectivity index (χ0) is 17.1. The lowest BCUT2D eigenvalue weighted by molar-refractivity contribution is 0.00578. The lowest BCUT2D eigenvalue weighted by Crippen LogP contribution is -2.41. The summed E-state index contributed by atoms with van der Waals surface area (Å²) in [4.78, 5) is 15.4. The van der Waals surface area contributed by atoms with E-state index in [1.165, 1.54) is 0 Å². The fraction of sp³-hybridized carbons (Fsp3) is 0.421. The number of aromatic nitrogens is 1. The number of hydrogen-bond acceptors (Lipinski definition) is 3. The van der Waals surface area contributed by atoms with Crippen molar-refractivity contribution in [3.05, 3.63) is 52.0 Å². The fourth-order valence-electron chi connectivity index (χ4n) is 3.50. The van der Waals surface area contributed by atoms with Gasteiger partial charge in [0.05, 0.1) is 11.2 Å². The van der Waals surface area contributed by atoms with Crippen LogP contribution < -0.4 is 5.56 Å². The molecular formula is C19H22BNO3. The molecule has 1 aromatic carbocycles. The Morgan fingerprint density at radius 3 is 2.33 bits per heavy atom. The first kappa shape index (κ1) is 15.7. The average molecular weight is 323 g/mol. The first-order valence-corrected chi connectivity index (χ1v) is 8.50. The van der Waals surface area contributed by atoms with Crippen LogP contribution in [0.25, 0.3) is 16.2 Å². The Morgan fingerprint density at radius 1 is 1.04 bits per heavy atom. The molecule has 1 N–H and O–H groups in total. The summed E-state index contributed by atoms with van der Waals surface area (Å²) < 4.78 is 12.5. The quantitative estimate of drug-likeness (QED) is 0.818. The van der Waals surface area contributed by atoms with Crippen LogP contribution in [-0.2, 0) is 15.7 Å². The minimum absolute atomic E-state index is 0.0282. The van der Waals surface area contributed by atoms with E-state index >= 15 is 0 Å². The van der Waals surface area contributed by atoms with Crippen molar-refractivity contribution in [3.8, 4) is 0 Å². The van der Waals surface area contributed by atoms with E-state index in [-0.39, 0.29) is 16.8 Å². The SMILES string of the molecule is CC1(C)OB(C2=CCCc3[nH]c(=O)c4ccccc4c32)OC1(C)C. The first-order chi connectivity index (χ1) is 11.3. The predicted octanol–water partition coefficient (Wildman–Crippen LogP) is 3.49. The van der Waals surface area contributed by atoms with Crippen LogP contribution in [0, 0.1) is 0 Å². The molecule has 4 nitrogen and oxygen atoms in total. The summed E-state index contributed by atoms with van der Waals surface area (Å²) in [5.74, 6) is 0. The molecule has 0 unspecified atom stereocenters. The summed E-state index contributed by atoms with van der Waals surface area (Å²) in [6.45, 7) is 8.23. The third kappa shape index (κ3) is 2.19. The molecule has 0 amide bonds.